The van der Waals surface area contributed by atoms with E-state index in [-0.39, 0.29) is 5.91 Å². The van der Waals surface area contributed by atoms with E-state index in [9.17, 15) is 4.79 Å². The summed E-state index contributed by atoms with van der Waals surface area (Å²) in [4.78, 5) is 19.0. The molecule has 2 N–H and O–H groups in total. The molecule has 1 saturated heterocycles. The summed E-state index contributed by atoms with van der Waals surface area (Å²) in [6, 6.07) is 13.4. The third-order valence-electron chi connectivity index (χ3n) is 3.96. The van der Waals surface area contributed by atoms with Crippen LogP contribution in [0, 0.1) is 6.92 Å². The quantitative estimate of drug-likeness (QED) is 0.907. The number of nitrogens with one attached hydrogen (secondary N) is 2. The van der Waals surface area contributed by atoms with E-state index in [0.717, 1.165) is 38.4 Å². The molecule has 3 rings (SSSR count). The Labute approximate surface area is 136 Å². The van der Waals surface area contributed by atoms with Crippen LogP contribution in [0.1, 0.15) is 21.6 Å². The first-order valence-corrected chi connectivity index (χ1v) is 7.98. The number of carbonyl (C=O) groups excluding carboxylic acids is 1. The van der Waals surface area contributed by atoms with Crippen LogP contribution in [0.3, 0.4) is 0 Å². The number of aromatic nitrogens is 1. The van der Waals surface area contributed by atoms with E-state index in [1.807, 2.05) is 43.3 Å². The van der Waals surface area contributed by atoms with E-state index >= 15 is 0 Å². The molecule has 1 aliphatic rings. The van der Waals surface area contributed by atoms with Crippen LogP contribution in [-0.4, -0.2) is 42.0 Å². The van der Waals surface area contributed by atoms with Crippen LogP contribution in [0.15, 0.2) is 42.5 Å². The normalized spacial score (nSPS) is 15.3. The molecule has 0 radical (unpaired) electrons. The van der Waals surface area contributed by atoms with Crippen molar-refractivity contribution in [2.75, 3.05) is 31.5 Å². The average molecular weight is 310 g/mol. The molecular formula is C18H22N4O. The molecule has 2 aromatic rings. The van der Waals surface area contributed by atoms with Gasteiger partial charge in [-0.3, -0.25) is 9.69 Å². The number of piperazine rings is 1. The van der Waals surface area contributed by atoms with Gasteiger partial charge in [0.1, 0.15) is 5.82 Å². The summed E-state index contributed by atoms with van der Waals surface area (Å²) in [6.07, 6.45) is 0. The Morgan fingerprint density at radius 2 is 1.91 bits per heavy atom. The molecule has 1 aromatic heterocycles. The lowest BCUT2D eigenvalue weighted by Gasteiger charge is -2.27. The first kappa shape index (κ1) is 15.6. The van der Waals surface area contributed by atoms with Crippen LogP contribution in [0.5, 0.6) is 0 Å². The Balaban J connectivity index is 1.60. The Morgan fingerprint density at radius 1 is 1.17 bits per heavy atom. The van der Waals surface area contributed by atoms with E-state index in [1.165, 1.54) is 5.56 Å². The van der Waals surface area contributed by atoms with Gasteiger partial charge in [-0.15, -0.1) is 0 Å². The topological polar surface area (TPSA) is 57.3 Å². The van der Waals surface area contributed by atoms with Gasteiger partial charge >= 0.3 is 0 Å². The second-order valence-electron chi connectivity index (χ2n) is 5.84. The lowest BCUT2D eigenvalue weighted by atomic mass is 10.1. The van der Waals surface area contributed by atoms with Crippen molar-refractivity contribution >= 4 is 11.7 Å². The van der Waals surface area contributed by atoms with E-state index in [4.69, 9.17) is 0 Å². The minimum absolute atomic E-state index is 0.128. The molecule has 0 aliphatic carbocycles. The van der Waals surface area contributed by atoms with E-state index < -0.39 is 0 Å². The lowest BCUT2D eigenvalue weighted by molar-refractivity contribution is 0.102. The summed E-state index contributed by atoms with van der Waals surface area (Å²) in [7, 11) is 0. The number of pyridine rings is 1. The first-order valence-electron chi connectivity index (χ1n) is 7.98. The molecule has 0 unspecified atom stereocenters. The van der Waals surface area contributed by atoms with Crippen LogP contribution < -0.4 is 10.6 Å². The first-order chi connectivity index (χ1) is 11.2. The van der Waals surface area contributed by atoms with Crippen molar-refractivity contribution in [3.8, 4) is 0 Å². The highest BCUT2D eigenvalue weighted by Gasteiger charge is 2.11. The summed E-state index contributed by atoms with van der Waals surface area (Å²) >= 11 is 0. The molecule has 0 bridgehead atoms. The second kappa shape index (κ2) is 7.35. The Hall–Kier alpha value is -2.24. The Kier molecular flexibility index (Phi) is 5.00. The number of anilines is 1. The number of aryl methyl sites for hydroxylation is 1. The maximum atomic E-state index is 12.3. The van der Waals surface area contributed by atoms with Gasteiger partial charge in [0.15, 0.2) is 0 Å². The van der Waals surface area contributed by atoms with E-state index in [0.29, 0.717) is 11.4 Å². The van der Waals surface area contributed by atoms with E-state index in [1.54, 1.807) is 6.07 Å². The SMILES string of the molecule is Cc1cccc(NC(=O)c2ccc(CN3CCNCC3)cc2)n1. The molecule has 5 heteroatoms. The van der Waals surface area contributed by atoms with Gasteiger partial charge in [-0.2, -0.15) is 0 Å². The van der Waals surface area contributed by atoms with E-state index in [2.05, 4.69) is 20.5 Å². The molecule has 23 heavy (non-hydrogen) atoms. The number of hydrogen-bond acceptors (Lipinski definition) is 4. The number of benzene rings is 1. The van der Waals surface area contributed by atoms with Gasteiger partial charge in [-0.1, -0.05) is 18.2 Å². The molecule has 0 saturated carbocycles. The third kappa shape index (κ3) is 4.37. The fourth-order valence-corrected chi connectivity index (χ4v) is 2.69. The number of amides is 1. The van der Waals surface area contributed by atoms with Gasteiger partial charge in [0.2, 0.25) is 0 Å². The zero-order valence-corrected chi connectivity index (χ0v) is 13.4. The van der Waals surface area contributed by atoms with Crippen LogP contribution in [-0.2, 0) is 6.54 Å². The number of hydrogen-bond donors (Lipinski definition) is 2. The van der Waals surface area contributed by atoms with Gasteiger partial charge in [0, 0.05) is 44.0 Å². The molecular weight excluding hydrogens is 288 g/mol. The fourth-order valence-electron chi connectivity index (χ4n) is 2.69. The minimum Gasteiger partial charge on any atom is -0.314 e. The zero-order valence-electron chi connectivity index (χ0n) is 13.4. The fraction of sp³-hybridized carbons (Fsp3) is 0.333. The van der Waals surface area contributed by atoms with Crippen molar-refractivity contribution in [1.82, 2.24) is 15.2 Å². The van der Waals surface area contributed by atoms with Crippen molar-refractivity contribution < 1.29 is 4.79 Å². The maximum absolute atomic E-state index is 12.3. The van der Waals surface area contributed by atoms with Crippen molar-refractivity contribution in [2.45, 2.75) is 13.5 Å². The predicted molar refractivity (Wildman–Crippen MR) is 91.5 cm³/mol. The summed E-state index contributed by atoms with van der Waals surface area (Å²) < 4.78 is 0. The number of carbonyl (C=O) groups is 1. The Bertz CT molecular complexity index is 663. The smallest absolute Gasteiger partial charge is 0.256 e. The molecule has 1 amide bonds. The summed E-state index contributed by atoms with van der Waals surface area (Å²) in [5, 5.41) is 6.18. The lowest BCUT2D eigenvalue weighted by Crippen LogP contribution is -2.42. The highest BCUT2D eigenvalue weighted by atomic mass is 16.1. The monoisotopic (exact) mass is 310 g/mol. The molecule has 1 aliphatic heterocycles. The summed E-state index contributed by atoms with van der Waals surface area (Å²) in [5.41, 5.74) is 2.77. The highest BCUT2D eigenvalue weighted by molar-refractivity contribution is 6.03. The number of rotatable bonds is 4. The molecule has 120 valence electrons. The molecule has 1 aromatic carbocycles. The minimum atomic E-state index is -0.128. The largest absolute Gasteiger partial charge is 0.314 e. The van der Waals surface area contributed by atoms with Gasteiger partial charge < -0.3 is 10.6 Å². The summed E-state index contributed by atoms with van der Waals surface area (Å²) in [5.74, 6) is 0.455. The molecule has 5 nitrogen and oxygen atoms in total. The zero-order chi connectivity index (χ0) is 16.1. The van der Waals surface area contributed by atoms with Crippen LogP contribution in [0.2, 0.25) is 0 Å². The van der Waals surface area contributed by atoms with Crippen molar-refractivity contribution in [2.24, 2.45) is 0 Å². The van der Waals surface area contributed by atoms with Crippen molar-refractivity contribution in [1.29, 1.82) is 0 Å². The van der Waals surface area contributed by atoms with Gasteiger partial charge in [-0.25, -0.2) is 4.98 Å². The predicted octanol–water partition coefficient (Wildman–Crippen LogP) is 2.05. The van der Waals surface area contributed by atoms with Gasteiger partial charge in [-0.05, 0) is 36.8 Å². The third-order valence-corrected chi connectivity index (χ3v) is 3.96. The van der Waals surface area contributed by atoms with Crippen LogP contribution in [0.4, 0.5) is 5.82 Å². The molecule has 0 spiro atoms. The van der Waals surface area contributed by atoms with Gasteiger partial charge in [0.25, 0.3) is 5.91 Å². The summed E-state index contributed by atoms with van der Waals surface area (Å²) in [6.45, 7) is 7.07. The highest BCUT2D eigenvalue weighted by Crippen LogP contribution is 2.11. The second-order valence-corrected chi connectivity index (χ2v) is 5.84. The van der Waals surface area contributed by atoms with Crippen LogP contribution >= 0.6 is 0 Å². The average Bonchev–Trinajstić information content (AvgIpc) is 2.56. The maximum Gasteiger partial charge on any atom is 0.256 e. The molecule has 1 fully saturated rings. The molecule has 0 atom stereocenters. The number of nitrogens with zero attached hydrogens (tertiary/aromatic N) is 2. The standard InChI is InChI=1S/C18H22N4O/c1-14-3-2-4-17(20-14)21-18(23)16-7-5-15(6-8-16)13-22-11-9-19-10-12-22/h2-8,19H,9-13H2,1H3,(H,20,21,23). The van der Waals surface area contributed by atoms with Crippen molar-refractivity contribution in [3.63, 3.8) is 0 Å². The van der Waals surface area contributed by atoms with Crippen molar-refractivity contribution in [3.05, 3.63) is 59.3 Å². The van der Waals surface area contributed by atoms with Crippen LogP contribution in [0.25, 0.3) is 0 Å². The molecule has 2 heterocycles. The Morgan fingerprint density at radius 3 is 2.61 bits per heavy atom. The van der Waals surface area contributed by atoms with Gasteiger partial charge in [0.05, 0.1) is 0 Å².